The zero-order valence-corrected chi connectivity index (χ0v) is 14.0. The maximum atomic E-state index is 9.74. The van der Waals surface area contributed by atoms with Crippen molar-refractivity contribution in [3.63, 3.8) is 0 Å². The fourth-order valence-corrected chi connectivity index (χ4v) is 2.53. The monoisotopic (exact) mass is 354 g/mol. The van der Waals surface area contributed by atoms with E-state index in [1.807, 2.05) is 20.8 Å². The van der Waals surface area contributed by atoms with E-state index in [0.717, 1.165) is 12.8 Å². The Balaban J connectivity index is 2.38. The number of hydrogen-bond acceptors (Lipinski definition) is 5. The molecule has 1 aromatic carbocycles. The van der Waals surface area contributed by atoms with Crippen LogP contribution < -0.4 is 0 Å². The highest BCUT2D eigenvalue weighted by Gasteiger charge is 2.34. The van der Waals surface area contributed by atoms with Crippen LogP contribution in [0.3, 0.4) is 0 Å². The van der Waals surface area contributed by atoms with E-state index in [0.29, 0.717) is 28.4 Å². The summed E-state index contributed by atoms with van der Waals surface area (Å²) in [5.41, 5.74) is 0.153. The first-order valence-electron chi connectivity index (χ1n) is 7.03. The van der Waals surface area contributed by atoms with Gasteiger partial charge in [-0.3, -0.25) is 0 Å². The van der Waals surface area contributed by atoms with Crippen molar-refractivity contribution < 1.29 is 14.4 Å². The summed E-state index contributed by atoms with van der Waals surface area (Å²) in [5, 5.41) is 13.8. The summed E-state index contributed by atoms with van der Waals surface area (Å²) in [7, 11) is 0. The van der Waals surface area contributed by atoms with Gasteiger partial charge in [0.2, 0.25) is 5.82 Å². The van der Waals surface area contributed by atoms with E-state index in [9.17, 15) is 5.11 Å². The van der Waals surface area contributed by atoms with Crippen LogP contribution in [0.25, 0.3) is 11.5 Å². The second kappa shape index (κ2) is 6.58. The zero-order chi connectivity index (χ0) is 15.5. The lowest BCUT2D eigenvalue weighted by Crippen LogP contribution is -2.29. The van der Waals surface area contributed by atoms with E-state index in [2.05, 4.69) is 26.1 Å². The third-order valence-corrected chi connectivity index (χ3v) is 4.26. The van der Waals surface area contributed by atoms with Gasteiger partial charge in [0.25, 0.3) is 5.89 Å². The van der Waals surface area contributed by atoms with Crippen molar-refractivity contribution in [3.05, 3.63) is 28.5 Å². The first-order valence-corrected chi connectivity index (χ1v) is 7.82. The summed E-state index contributed by atoms with van der Waals surface area (Å²) in [6.07, 6.45) is 1.53. The van der Waals surface area contributed by atoms with Crippen LogP contribution in [-0.2, 0) is 10.3 Å². The van der Waals surface area contributed by atoms with Gasteiger partial charge in [0.15, 0.2) is 0 Å². The van der Waals surface area contributed by atoms with Crippen molar-refractivity contribution in [2.75, 3.05) is 6.61 Å². The van der Waals surface area contributed by atoms with Crippen LogP contribution in [0.4, 0.5) is 0 Å². The topological polar surface area (TPSA) is 68.4 Å². The van der Waals surface area contributed by atoms with Crippen molar-refractivity contribution >= 4 is 15.9 Å². The molecule has 0 aliphatic heterocycles. The van der Waals surface area contributed by atoms with Gasteiger partial charge in [-0.1, -0.05) is 19.0 Å². The van der Waals surface area contributed by atoms with Gasteiger partial charge in [-0.25, -0.2) is 0 Å². The highest BCUT2D eigenvalue weighted by molar-refractivity contribution is 9.10. The number of aromatic hydroxyl groups is 1. The number of ether oxygens (including phenoxy) is 1. The molecule has 2 rings (SSSR count). The lowest BCUT2D eigenvalue weighted by molar-refractivity contribution is -0.0583. The quantitative estimate of drug-likeness (QED) is 0.839. The summed E-state index contributed by atoms with van der Waals surface area (Å²) in [6, 6.07) is 5.13. The molecular formula is C15H19BrN2O3. The lowest BCUT2D eigenvalue weighted by atomic mass is 9.96. The van der Waals surface area contributed by atoms with Gasteiger partial charge in [-0.05, 0) is 53.9 Å². The van der Waals surface area contributed by atoms with Crippen molar-refractivity contribution in [2.45, 2.75) is 39.2 Å². The van der Waals surface area contributed by atoms with Crippen LogP contribution in [0.2, 0.25) is 0 Å². The number of hydrogen-bond donors (Lipinski definition) is 1. The molecule has 0 fully saturated rings. The van der Waals surface area contributed by atoms with Crippen LogP contribution in [-0.4, -0.2) is 21.9 Å². The molecule has 0 aliphatic carbocycles. The number of nitrogens with zero attached hydrogens (tertiary/aromatic N) is 2. The van der Waals surface area contributed by atoms with E-state index in [1.165, 1.54) is 0 Å². The fourth-order valence-electron chi connectivity index (χ4n) is 2.28. The van der Waals surface area contributed by atoms with Gasteiger partial charge in [0, 0.05) is 12.2 Å². The first kappa shape index (κ1) is 16.0. The first-order chi connectivity index (χ1) is 10.1. The molecule has 1 N–H and O–H groups in total. The number of phenols is 1. The van der Waals surface area contributed by atoms with E-state index >= 15 is 0 Å². The predicted molar refractivity (Wildman–Crippen MR) is 83.0 cm³/mol. The summed E-state index contributed by atoms with van der Waals surface area (Å²) in [4.78, 5) is 4.45. The molecule has 0 unspecified atom stereocenters. The van der Waals surface area contributed by atoms with Gasteiger partial charge >= 0.3 is 0 Å². The van der Waals surface area contributed by atoms with Gasteiger partial charge in [-0.2, -0.15) is 4.98 Å². The number of rotatable bonds is 6. The Morgan fingerprint density at radius 2 is 2.00 bits per heavy atom. The van der Waals surface area contributed by atoms with Crippen molar-refractivity contribution in [2.24, 2.45) is 0 Å². The highest BCUT2D eigenvalue weighted by atomic mass is 79.9. The minimum absolute atomic E-state index is 0.134. The Bertz CT molecular complexity index is 609. The molecule has 114 valence electrons. The van der Waals surface area contributed by atoms with Gasteiger partial charge in [0.05, 0.1) is 4.47 Å². The molecule has 21 heavy (non-hydrogen) atoms. The van der Waals surface area contributed by atoms with Crippen LogP contribution >= 0.6 is 15.9 Å². The van der Waals surface area contributed by atoms with Gasteiger partial charge < -0.3 is 14.4 Å². The summed E-state index contributed by atoms with van der Waals surface area (Å²) in [5.74, 6) is 1.06. The van der Waals surface area contributed by atoms with E-state index in [-0.39, 0.29) is 5.75 Å². The zero-order valence-electron chi connectivity index (χ0n) is 12.4. The molecule has 5 nitrogen and oxygen atoms in total. The Labute approximate surface area is 132 Å². The second-order valence-electron chi connectivity index (χ2n) is 4.72. The smallest absolute Gasteiger partial charge is 0.258 e. The number of aromatic nitrogens is 2. The minimum Gasteiger partial charge on any atom is -0.507 e. The summed E-state index contributed by atoms with van der Waals surface area (Å²) >= 11 is 3.25. The molecule has 1 aromatic heterocycles. The maximum Gasteiger partial charge on any atom is 0.258 e. The lowest BCUT2D eigenvalue weighted by Gasteiger charge is -2.27. The van der Waals surface area contributed by atoms with Crippen molar-refractivity contribution in [3.8, 4) is 17.2 Å². The fraction of sp³-hybridized carbons (Fsp3) is 0.467. The molecule has 6 heteroatoms. The largest absolute Gasteiger partial charge is 0.507 e. The second-order valence-corrected chi connectivity index (χ2v) is 5.58. The summed E-state index contributed by atoms with van der Waals surface area (Å²) in [6.45, 7) is 6.62. The molecule has 0 bridgehead atoms. The minimum atomic E-state index is -0.520. The Morgan fingerprint density at radius 1 is 1.29 bits per heavy atom. The molecule has 0 radical (unpaired) electrons. The van der Waals surface area contributed by atoms with E-state index < -0.39 is 5.60 Å². The molecule has 0 aliphatic rings. The molecule has 0 spiro atoms. The van der Waals surface area contributed by atoms with Gasteiger partial charge in [-0.15, -0.1) is 0 Å². The average Bonchev–Trinajstić information content (AvgIpc) is 2.98. The van der Waals surface area contributed by atoms with Gasteiger partial charge in [0.1, 0.15) is 11.4 Å². The SMILES string of the molecule is CCOC(CC)(CC)c1noc(-c2ccc(Br)c(O)c2)n1. The molecule has 1 heterocycles. The number of phenolic OH excluding ortho intramolecular Hbond substituents is 1. The Hall–Kier alpha value is -1.40. The third kappa shape index (κ3) is 3.11. The average molecular weight is 355 g/mol. The van der Waals surface area contributed by atoms with Crippen LogP contribution in [0.1, 0.15) is 39.4 Å². The Morgan fingerprint density at radius 3 is 2.57 bits per heavy atom. The number of benzene rings is 1. The van der Waals surface area contributed by atoms with E-state index in [1.54, 1.807) is 18.2 Å². The van der Waals surface area contributed by atoms with Crippen LogP contribution in [0, 0.1) is 0 Å². The standard InChI is InChI=1S/C15H19BrN2O3/c1-4-15(5-2,20-6-3)14-17-13(21-18-14)10-7-8-11(16)12(19)9-10/h7-9,19H,4-6H2,1-3H3. The molecular weight excluding hydrogens is 336 g/mol. The van der Waals surface area contributed by atoms with Crippen LogP contribution in [0.5, 0.6) is 5.75 Å². The Kier molecular flexibility index (Phi) is 5.00. The maximum absolute atomic E-state index is 9.74. The van der Waals surface area contributed by atoms with Crippen molar-refractivity contribution in [1.82, 2.24) is 10.1 Å². The predicted octanol–water partition coefficient (Wildman–Crippen LogP) is 4.26. The van der Waals surface area contributed by atoms with Crippen molar-refractivity contribution in [1.29, 1.82) is 0 Å². The summed E-state index contributed by atoms with van der Waals surface area (Å²) < 4.78 is 11.8. The van der Waals surface area contributed by atoms with E-state index in [4.69, 9.17) is 9.26 Å². The molecule has 0 atom stereocenters. The normalized spacial score (nSPS) is 11.8. The third-order valence-electron chi connectivity index (χ3n) is 3.59. The molecule has 0 amide bonds. The highest BCUT2D eigenvalue weighted by Crippen LogP contribution is 2.34. The molecule has 0 saturated heterocycles. The number of halogens is 1. The van der Waals surface area contributed by atoms with Crippen LogP contribution in [0.15, 0.2) is 27.2 Å². The molecule has 2 aromatic rings. The molecule has 0 saturated carbocycles.